The third-order valence-electron chi connectivity index (χ3n) is 4.14. The molecule has 1 aliphatic heterocycles. The Balaban J connectivity index is 1.76. The molecule has 0 aromatic heterocycles. The maximum absolute atomic E-state index is 14.6. The van der Waals surface area contributed by atoms with Crippen molar-refractivity contribution >= 4 is 29.3 Å². The molecule has 1 fully saturated rings. The zero-order valence-electron chi connectivity index (χ0n) is 14.2. The molecule has 0 spiro atoms. The SMILES string of the molecule is CC(=O)NCC1CN(c2ccc(-c3ccc(CCl)cc3)c(F)c2)C(=O)O1. The first kappa shape index (κ1) is 18.2. The van der Waals surface area contributed by atoms with Gasteiger partial charge in [0.15, 0.2) is 0 Å². The third-order valence-corrected chi connectivity index (χ3v) is 4.44. The van der Waals surface area contributed by atoms with E-state index in [0.717, 1.165) is 11.1 Å². The van der Waals surface area contributed by atoms with Crippen molar-refractivity contribution in [3.8, 4) is 11.1 Å². The van der Waals surface area contributed by atoms with Crippen LogP contribution in [0.4, 0.5) is 14.9 Å². The minimum Gasteiger partial charge on any atom is -0.442 e. The molecule has 0 radical (unpaired) electrons. The molecule has 1 heterocycles. The number of rotatable bonds is 5. The number of anilines is 1. The lowest BCUT2D eigenvalue weighted by atomic mass is 10.0. The summed E-state index contributed by atoms with van der Waals surface area (Å²) in [5, 5.41) is 2.61. The van der Waals surface area contributed by atoms with E-state index in [9.17, 15) is 14.0 Å². The Bertz CT molecular complexity index is 826. The molecule has 0 aliphatic carbocycles. The van der Waals surface area contributed by atoms with Crippen molar-refractivity contribution in [3.05, 3.63) is 53.8 Å². The van der Waals surface area contributed by atoms with Gasteiger partial charge in [0.2, 0.25) is 5.91 Å². The number of hydrogen-bond acceptors (Lipinski definition) is 3. The molecule has 136 valence electrons. The van der Waals surface area contributed by atoms with Crippen molar-refractivity contribution in [2.45, 2.75) is 18.9 Å². The summed E-state index contributed by atoms with van der Waals surface area (Å²) in [4.78, 5) is 24.3. The van der Waals surface area contributed by atoms with Gasteiger partial charge in [-0.1, -0.05) is 24.3 Å². The van der Waals surface area contributed by atoms with E-state index in [4.69, 9.17) is 16.3 Å². The number of carbonyl (C=O) groups is 2. The number of amides is 2. The zero-order valence-corrected chi connectivity index (χ0v) is 14.9. The fraction of sp³-hybridized carbons (Fsp3) is 0.263. The molecule has 26 heavy (non-hydrogen) atoms. The predicted octanol–water partition coefficient (Wildman–Crippen LogP) is 3.69. The van der Waals surface area contributed by atoms with Gasteiger partial charge in [-0.05, 0) is 29.3 Å². The van der Waals surface area contributed by atoms with E-state index in [1.54, 1.807) is 12.1 Å². The summed E-state index contributed by atoms with van der Waals surface area (Å²) >= 11 is 5.77. The molecule has 1 unspecified atom stereocenters. The van der Waals surface area contributed by atoms with Gasteiger partial charge < -0.3 is 10.1 Å². The highest BCUT2D eigenvalue weighted by Crippen LogP contribution is 2.29. The van der Waals surface area contributed by atoms with Gasteiger partial charge in [-0.25, -0.2) is 9.18 Å². The average Bonchev–Trinajstić information content (AvgIpc) is 3.01. The van der Waals surface area contributed by atoms with Crippen LogP contribution < -0.4 is 10.2 Å². The van der Waals surface area contributed by atoms with Crippen LogP contribution in [0.3, 0.4) is 0 Å². The Morgan fingerprint density at radius 3 is 2.65 bits per heavy atom. The Labute approximate surface area is 155 Å². The van der Waals surface area contributed by atoms with Gasteiger partial charge in [0.25, 0.3) is 0 Å². The number of nitrogens with zero attached hydrogens (tertiary/aromatic N) is 1. The van der Waals surface area contributed by atoms with Crippen LogP contribution in [0.1, 0.15) is 12.5 Å². The van der Waals surface area contributed by atoms with E-state index in [-0.39, 0.29) is 19.0 Å². The smallest absolute Gasteiger partial charge is 0.414 e. The summed E-state index contributed by atoms with van der Waals surface area (Å²) in [6.45, 7) is 1.87. The maximum atomic E-state index is 14.6. The lowest BCUT2D eigenvalue weighted by Crippen LogP contribution is -2.33. The number of hydrogen-bond donors (Lipinski definition) is 1. The molecule has 2 aromatic rings. The average molecular weight is 377 g/mol. The van der Waals surface area contributed by atoms with Gasteiger partial charge in [0.1, 0.15) is 11.9 Å². The van der Waals surface area contributed by atoms with Crippen molar-refractivity contribution in [1.82, 2.24) is 5.32 Å². The molecule has 3 rings (SSSR count). The molecule has 1 saturated heterocycles. The van der Waals surface area contributed by atoms with E-state index in [2.05, 4.69) is 5.32 Å². The van der Waals surface area contributed by atoms with Crippen LogP contribution in [0, 0.1) is 5.82 Å². The lowest BCUT2D eigenvalue weighted by Gasteiger charge is -2.14. The van der Waals surface area contributed by atoms with Crippen molar-refractivity contribution in [2.24, 2.45) is 0 Å². The minimum absolute atomic E-state index is 0.199. The van der Waals surface area contributed by atoms with Gasteiger partial charge >= 0.3 is 6.09 Å². The first-order valence-electron chi connectivity index (χ1n) is 8.15. The standard InChI is InChI=1S/C19H18ClFN2O3/c1-12(24)22-10-16-11-23(19(25)26-16)15-6-7-17(18(21)8-15)14-4-2-13(9-20)3-5-14/h2-8,16H,9-11H2,1H3,(H,22,24). The number of cyclic esters (lactones) is 1. The molecular weight excluding hydrogens is 359 g/mol. The van der Waals surface area contributed by atoms with Crippen LogP contribution in [0.15, 0.2) is 42.5 Å². The normalized spacial score (nSPS) is 16.5. The van der Waals surface area contributed by atoms with E-state index >= 15 is 0 Å². The molecule has 1 aliphatic rings. The van der Waals surface area contributed by atoms with Gasteiger partial charge in [-0.3, -0.25) is 9.69 Å². The molecule has 7 heteroatoms. The number of ether oxygens (including phenoxy) is 1. The van der Waals surface area contributed by atoms with E-state index in [1.165, 1.54) is 17.9 Å². The van der Waals surface area contributed by atoms with E-state index in [1.807, 2.05) is 24.3 Å². The number of benzene rings is 2. The highest BCUT2D eigenvalue weighted by molar-refractivity contribution is 6.17. The Kier molecular flexibility index (Phi) is 5.42. The van der Waals surface area contributed by atoms with Crippen LogP contribution in [-0.2, 0) is 15.4 Å². The van der Waals surface area contributed by atoms with Crippen LogP contribution >= 0.6 is 11.6 Å². The summed E-state index contributed by atoms with van der Waals surface area (Å²) in [7, 11) is 0. The second-order valence-electron chi connectivity index (χ2n) is 6.05. The maximum Gasteiger partial charge on any atom is 0.414 e. The Morgan fingerprint density at radius 2 is 2.04 bits per heavy atom. The molecule has 2 amide bonds. The number of nitrogens with one attached hydrogen (secondary N) is 1. The van der Waals surface area contributed by atoms with Crippen molar-refractivity contribution in [1.29, 1.82) is 0 Å². The first-order chi connectivity index (χ1) is 12.5. The second kappa shape index (κ2) is 7.74. The molecular formula is C19H18ClFN2O3. The third kappa shape index (κ3) is 3.96. The van der Waals surface area contributed by atoms with Crippen molar-refractivity contribution < 1.29 is 18.7 Å². The molecule has 5 nitrogen and oxygen atoms in total. The number of halogens is 2. The fourth-order valence-corrected chi connectivity index (χ4v) is 2.95. The molecule has 1 N–H and O–H groups in total. The molecule has 2 aromatic carbocycles. The summed E-state index contributed by atoms with van der Waals surface area (Å²) in [5.41, 5.74) is 2.55. The Morgan fingerprint density at radius 1 is 1.31 bits per heavy atom. The Hall–Kier alpha value is -2.60. The van der Waals surface area contributed by atoms with Gasteiger partial charge in [0.05, 0.1) is 18.8 Å². The second-order valence-corrected chi connectivity index (χ2v) is 6.32. The van der Waals surface area contributed by atoms with Crippen molar-refractivity contribution in [2.75, 3.05) is 18.0 Å². The van der Waals surface area contributed by atoms with Crippen LogP contribution in [0.2, 0.25) is 0 Å². The quantitative estimate of drug-likeness (QED) is 0.809. The summed E-state index contributed by atoms with van der Waals surface area (Å²) < 4.78 is 19.8. The van der Waals surface area contributed by atoms with Gasteiger partial charge in [-0.2, -0.15) is 0 Å². The highest BCUT2D eigenvalue weighted by Gasteiger charge is 2.32. The predicted molar refractivity (Wildman–Crippen MR) is 97.7 cm³/mol. The largest absolute Gasteiger partial charge is 0.442 e. The lowest BCUT2D eigenvalue weighted by molar-refractivity contribution is -0.119. The highest BCUT2D eigenvalue weighted by atomic mass is 35.5. The van der Waals surface area contributed by atoms with Gasteiger partial charge in [-0.15, -0.1) is 11.6 Å². The van der Waals surface area contributed by atoms with Crippen LogP contribution in [0.25, 0.3) is 11.1 Å². The number of alkyl halides is 1. The van der Waals surface area contributed by atoms with E-state index in [0.29, 0.717) is 17.1 Å². The van der Waals surface area contributed by atoms with Crippen LogP contribution in [-0.4, -0.2) is 31.2 Å². The minimum atomic E-state index is -0.557. The molecule has 1 atom stereocenters. The van der Waals surface area contributed by atoms with Crippen molar-refractivity contribution in [3.63, 3.8) is 0 Å². The summed E-state index contributed by atoms with van der Waals surface area (Å²) in [6.07, 6.45) is -1.02. The van der Waals surface area contributed by atoms with Gasteiger partial charge in [0, 0.05) is 18.4 Å². The number of carbonyl (C=O) groups excluding carboxylic acids is 2. The summed E-state index contributed by atoms with van der Waals surface area (Å²) in [5.74, 6) is -0.229. The zero-order chi connectivity index (χ0) is 18.7. The fourth-order valence-electron chi connectivity index (χ4n) is 2.78. The first-order valence-corrected chi connectivity index (χ1v) is 8.69. The van der Waals surface area contributed by atoms with E-state index < -0.39 is 18.0 Å². The molecule has 0 bridgehead atoms. The topological polar surface area (TPSA) is 58.6 Å². The summed E-state index contributed by atoms with van der Waals surface area (Å²) in [6, 6.07) is 11.9. The monoisotopic (exact) mass is 376 g/mol. The van der Waals surface area contributed by atoms with Crippen LogP contribution in [0.5, 0.6) is 0 Å². The molecule has 0 saturated carbocycles.